The highest BCUT2D eigenvalue weighted by atomic mass is 16.3. The van der Waals surface area contributed by atoms with Crippen LogP contribution in [0.4, 0.5) is 0 Å². The zero-order valence-electron chi connectivity index (χ0n) is 9.39. The number of carbonyl (C=O) groups is 1. The highest BCUT2D eigenvalue weighted by Crippen LogP contribution is 2.09. The number of benzene rings is 1. The van der Waals surface area contributed by atoms with E-state index in [4.69, 9.17) is 10.8 Å². The molecule has 4 N–H and O–H groups in total. The summed E-state index contributed by atoms with van der Waals surface area (Å²) in [7, 11) is 0. The van der Waals surface area contributed by atoms with Crippen molar-refractivity contribution < 1.29 is 9.90 Å². The lowest BCUT2D eigenvalue weighted by Gasteiger charge is -2.16. The van der Waals surface area contributed by atoms with Gasteiger partial charge in [-0.05, 0) is 18.9 Å². The van der Waals surface area contributed by atoms with Gasteiger partial charge in [0.2, 0.25) is 5.91 Å². The summed E-state index contributed by atoms with van der Waals surface area (Å²) in [5, 5.41) is 11.5. The van der Waals surface area contributed by atoms with E-state index in [1.807, 2.05) is 37.3 Å². The van der Waals surface area contributed by atoms with Gasteiger partial charge in [-0.3, -0.25) is 4.79 Å². The van der Waals surface area contributed by atoms with Gasteiger partial charge in [-0.15, -0.1) is 0 Å². The SMILES string of the molecule is CC(CCO)NC(=O)[C@@H](N)c1ccccc1. The van der Waals surface area contributed by atoms with E-state index in [1.54, 1.807) is 0 Å². The van der Waals surface area contributed by atoms with E-state index in [9.17, 15) is 4.79 Å². The molecule has 0 aliphatic carbocycles. The van der Waals surface area contributed by atoms with E-state index in [0.29, 0.717) is 6.42 Å². The molecule has 1 amide bonds. The molecule has 0 saturated carbocycles. The fourth-order valence-corrected chi connectivity index (χ4v) is 1.41. The minimum absolute atomic E-state index is 0.0576. The Bertz CT molecular complexity index is 327. The van der Waals surface area contributed by atoms with Gasteiger partial charge in [-0.1, -0.05) is 30.3 Å². The number of nitrogens with two attached hydrogens (primary N) is 1. The molecule has 1 unspecified atom stereocenters. The first-order valence-corrected chi connectivity index (χ1v) is 5.37. The summed E-state index contributed by atoms with van der Waals surface area (Å²) in [6, 6.07) is 8.50. The predicted molar refractivity (Wildman–Crippen MR) is 62.7 cm³/mol. The Morgan fingerprint density at radius 1 is 1.44 bits per heavy atom. The van der Waals surface area contributed by atoms with Crippen LogP contribution in [0.15, 0.2) is 30.3 Å². The summed E-state index contributed by atoms with van der Waals surface area (Å²) >= 11 is 0. The number of aliphatic hydroxyl groups excluding tert-OH is 1. The summed E-state index contributed by atoms with van der Waals surface area (Å²) in [5.41, 5.74) is 6.60. The lowest BCUT2D eigenvalue weighted by Crippen LogP contribution is -2.39. The Balaban J connectivity index is 2.55. The van der Waals surface area contributed by atoms with E-state index in [2.05, 4.69) is 5.32 Å². The number of aliphatic hydroxyl groups is 1. The quantitative estimate of drug-likeness (QED) is 0.682. The number of hydrogen-bond donors (Lipinski definition) is 3. The van der Waals surface area contributed by atoms with Crippen LogP contribution in [0.5, 0.6) is 0 Å². The normalized spacial score (nSPS) is 14.2. The third-order valence-corrected chi connectivity index (χ3v) is 2.39. The largest absolute Gasteiger partial charge is 0.396 e. The van der Waals surface area contributed by atoms with Crippen molar-refractivity contribution in [3.8, 4) is 0 Å². The molecule has 16 heavy (non-hydrogen) atoms. The molecule has 0 aromatic heterocycles. The van der Waals surface area contributed by atoms with Crippen LogP contribution in [0.3, 0.4) is 0 Å². The maximum Gasteiger partial charge on any atom is 0.241 e. The van der Waals surface area contributed by atoms with E-state index in [0.717, 1.165) is 5.56 Å². The van der Waals surface area contributed by atoms with Gasteiger partial charge in [0.15, 0.2) is 0 Å². The van der Waals surface area contributed by atoms with Crippen molar-refractivity contribution in [2.45, 2.75) is 25.4 Å². The van der Waals surface area contributed by atoms with Crippen LogP contribution in [0.25, 0.3) is 0 Å². The molecule has 1 rings (SSSR count). The molecule has 4 heteroatoms. The summed E-state index contributed by atoms with van der Waals surface area (Å²) in [4.78, 5) is 11.7. The minimum Gasteiger partial charge on any atom is -0.396 e. The van der Waals surface area contributed by atoms with Gasteiger partial charge < -0.3 is 16.2 Å². The van der Waals surface area contributed by atoms with Crippen LogP contribution in [-0.4, -0.2) is 23.7 Å². The third kappa shape index (κ3) is 3.64. The molecule has 0 spiro atoms. The topological polar surface area (TPSA) is 75.3 Å². The van der Waals surface area contributed by atoms with E-state index < -0.39 is 6.04 Å². The summed E-state index contributed by atoms with van der Waals surface area (Å²) < 4.78 is 0. The van der Waals surface area contributed by atoms with Crippen LogP contribution < -0.4 is 11.1 Å². The highest BCUT2D eigenvalue weighted by Gasteiger charge is 2.16. The molecule has 0 saturated heterocycles. The van der Waals surface area contributed by atoms with Crippen LogP contribution in [-0.2, 0) is 4.79 Å². The van der Waals surface area contributed by atoms with Gasteiger partial charge in [-0.25, -0.2) is 0 Å². The maximum atomic E-state index is 11.7. The molecular formula is C12H18N2O2. The number of rotatable bonds is 5. The fraction of sp³-hybridized carbons (Fsp3) is 0.417. The van der Waals surface area contributed by atoms with Crippen molar-refractivity contribution in [1.82, 2.24) is 5.32 Å². The minimum atomic E-state index is -0.651. The number of hydrogen-bond acceptors (Lipinski definition) is 3. The van der Waals surface area contributed by atoms with Gasteiger partial charge in [-0.2, -0.15) is 0 Å². The van der Waals surface area contributed by atoms with Crippen molar-refractivity contribution in [1.29, 1.82) is 0 Å². The first-order chi connectivity index (χ1) is 7.65. The Labute approximate surface area is 95.5 Å². The van der Waals surface area contributed by atoms with Crippen LogP contribution in [0.1, 0.15) is 24.9 Å². The van der Waals surface area contributed by atoms with Gasteiger partial charge in [0.1, 0.15) is 6.04 Å². The zero-order valence-corrected chi connectivity index (χ0v) is 9.39. The highest BCUT2D eigenvalue weighted by molar-refractivity contribution is 5.83. The summed E-state index contributed by atoms with van der Waals surface area (Å²) in [5.74, 6) is -0.216. The molecule has 0 fully saturated rings. The van der Waals surface area contributed by atoms with E-state index in [1.165, 1.54) is 0 Å². The molecule has 0 radical (unpaired) electrons. The second-order valence-electron chi connectivity index (χ2n) is 3.81. The number of carbonyl (C=O) groups excluding carboxylic acids is 1. The zero-order chi connectivity index (χ0) is 12.0. The molecule has 2 atom stereocenters. The lowest BCUT2D eigenvalue weighted by molar-refractivity contribution is -0.123. The molecule has 0 heterocycles. The van der Waals surface area contributed by atoms with Gasteiger partial charge in [0.05, 0.1) is 0 Å². The predicted octanol–water partition coefficient (Wildman–Crippen LogP) is 0.573. The molecule has 0 aliphatic rings. The van der Waals surface area contributed by atoms with Crippen molar-refractivity contribution in [2.24, 2.45) is 5.73 Å². The Morgan fingerprint density at radius 2 is 2.06 bits per heavy atom. The molecule has 1 aromatic carbocycles. The third-order valence-electron chi connectivity index (χ3n) is 2.39. The first-order valence-electron chi connectivity index (χ1n) is 5.37. The standard InChI is InChI=1S/C12H18N2O2/c1-9(7-8-15)14-12(16)11(13)10-5-3-2-4-6-10/h2-6,9,11,15H,7-8,13H2,1H3,(H,14,16)/t9?,11-/m0/s1. The van der Waals surface area contributed by atoms with Crippen molar-refractivity contribution in [3.63, 3.8) is 0 Å². The molecule has 1 aromatic rings. The van der Waals surface area contributed by atoms with Crippen LogP contribution >= 0.6 is 0 Å². The molecule has 4 nitrogen and oxygen atoms in total. The second-order valence-corrected chi connectivity index (χ2v) is 3.81. The second kappa shape index (κ2) is 6.25. The number of nitrogens with one attached hydrogen (secondary N) is 1. The molecular weight excluding hydrogens is 204 g/mol. The van der Waals surface area contributed by atoms with Crippen LogP contribution in [0, 0.1) is 0 Å². The first kappa shape index (κ1) is 12.7. The average molecular weight is 222 g/mol. The molecule has 88 valence electrons. The van der Waals surface area contributed by atoms with E-state index >= 15 is 0 Å². The number of amides is 1. The summed E-state index contributed by atoms with van der Waals surface area (Å²) in [6.45, 7) is 1.90. The van der Waals surface area contributed by atoms with Gasteiger partial charge in [0, 0.05) is 12.6 Å². The van der Waals surface area contributed by atoms with Crippen molar-refractivity contribution in [3.05, 3.63) is 35.9 Å². The van der Waals surface area contributed by atoms with Gasteiger partial charge in [0.25, 0.3) is 0 Å². The van der Waals surface area contributed by atoms with Crippen molar-refractivity contribution in [2.75, 3.05) is 6.61 Å². The fourth-order valence-electron chi connectivity index (χ4n) is 1.41. The van der Waals surface area contributed by atoms with E-state index in [-0.39, 0.29) is 18.6 Å². The van der Waals surface area contributed by atoms with Gasteiger partial charge >= 0.3 is 0 Å². The monoisotopic (exact) mass is 222 g/mol. The summed E-state index contributed by atoms with van der Waals surface area (Å²) in [6.07, 6.45) is 0.535. The van der Waals surface area contributed by atoms with Crippen molar-refractivity contribution >= 4 is 5.91 Å². The maximum absolute atomic E-state index is 11.7. The molecule has 0 aliphatic heterocycles. The average Bonchev–Trinajstić information content (AvgIpc) is 2.29. The Hall–Kier alpha value is -1.39. The van der Waals surface area contributed by atoms with Crippen LogP contribution in [0.2, 0.25) is 0 Å². The Morgan fingerprint density at radius 3 is 2.62 bits per heavy atom. The smallest absolute Gasteiger partial charge is 0.241 e. The Kier molecular flexibility index (Phi) is 4.95. The molecule has 0 bridgehead atoms. The lowest BCUT2D eigenvalue weighted by atomic mass is 10.1.